The third kappa shape index (κ3) is 4.96. The lowest BCUT2D eigenvalue weighted by molar-refractivity contribution is -0.134. The number of hydrogen-bond donors (Lipinski definition) is 1. The summed E-state index contributed by atoms with van der Waals surface area (Å²) in [6, 6.07) is 12.5. The minimum Gasteiger partial charge on any atom is -0.378 e. The van der Waals surface area contributed by atoms with Crippen molar-refractivity contribution in [3.63, 3.8) is 0 Å². The van der Waals surface area contributed by atoms with Gasteiger partial charge in [-0.3, -0.25) is 9.59 Å². The average Bonchev–Trinajstić information content (AvgIpc) is 2.66. The van der Waals surface area contributed by atoms with Crippen molar-refractivity contribution in [2.75, 3.05) is 31.6 Å². The number of carbonyl (C=O) groups excluding carboxylic acids is 2. The quantitative estimate of drug-likeness (QED) is 0.675. The molecule has 3 rings (SSSR count). The van der Waals surface area contributed by atoms with Crippen LogP contribution in [0.2, 0.25) is 5.02 Å². The molecule has 5 nitrogen and oxygen atoms in total. The fourth-order valence-corrected chi connectivity index (χ4v) is 3.28. The molecule has 2 aromatic rings. The monoisotopic (exact) mass is 484 g/mol. The van der Waals surface area contributed by atoms with E-state index in [-0.39, 0.29) is 11.8 Å². The van der Waals surface area contributed by atoms with Crippen molar-refractivity contribution in [3.8, 4) is 0 Å². The summed E-state index contributed by atoms with van der Waals surface area (Å²) in [4.78, 5) is 26.4. The summed E-state index contributed by atoms with van der Waals surface area (Å²) in [5.41, 5.74) is 2.15. The van der Waals surface area contributed by atoms with E-state index in [0.29, 0.717) is 49.0 Å². The lowest BCUT2D eigenvalue weighted by Crippen LogP contribution is -2.41. The number of anilines is 1. The number of amides is 2. The predicted octanol–water partition coefficient (Wildman–Crippen LogP) is 3.60. The zero-order chi connectivity index (χ0) is 18.5. The Morgan fingerprint density at radius 1 is 1.12 bits per heavy atom. The number of halogens is 2. The number of hydrogen-bond acceptors (Lipinski definition) is 3. The molecule has 26 heavy (non-hydrogen) atoms. The van der Waals surface area contributed by atoms with Crippen LogP contribution >= 0.6 is 34.2 Å². The van der Waals surface area contributed by atoms with Crippen LogP contribution in [0.3, 0.4) is 0 Å². The Morgan fingerprint density at radius 3 is 2.46 bits per heavy atom. The van der Waals surface area contributed by atoms with E-state index in [1.807, 2.05) is 17.0 Å². The van der Waals surface area contributed by atoms with Gasteiger partial charge in [-0.05, 0) is 58.5 Å². The summed E-state index contributed by atoms with van der Waals surface area (Å²) in [5, 5.41) is 3.47. The normalized spacial score (nSPS) is 14.2. The topological polar surface area (TPSA) is 58.6 Å². The molecule has 2 aromatic carbocycles. The average molecular weight is 485 g/mol. The largest absolute Gasteiger partial charge is 0.378 e. The fourth-order valence-electron chi connectivity index (χ4n) is 2.65. The van der Waals surface area contributed by atoms with Gasteiger partial charge >= 0.3 is 0 Å². The third-order valence-corrected chi connectivity index (χ3v) is 5.65. The Hall–Kier alpha value is -1.64. The summed E-state index contributed by atoms with van der Waals surface area (Å²) in [6.45, 7) is 2.49. The molecule has 0 aliphatic carbocycles. The molecule has 136 valence electrons. The lowest BCUT2D eigenvalue weighted by atomic mass is 10.1. The third-order valence-electron chi connectivity index (χ3n) is 4.11. The maximum Gasteiger partial charge on any atom is 0.255 e. The van der Waals surface area contributed by atoms with Gasteiger partial charge < -0.3 is 15.0 Å². The Bertz CT molecular complexity index is 805. The van der Waals surface area contributed by atoms with Crippen LogP contribution in [0.4, 0.5) is 5.69 Å². The number of benzene rings is 2. The van der Waals surface area contributed by atoms with Crippen molar-refractivity contribution in [3.05, 3.63) is 62.2 Å². The van der Waals surface area contributed by atoms with Crippen LogP contribution in [0.25, 0.3) is 0 Å². The molecule has 1 heterocycles. The van der Waals surface area contributed by atoms with E-state index >= 15 is 0 Å². The SMILES string of the molecule is O=C(Nc1ccc(CC(=O)N2CCOCC2)cc1)c1ccc(Cl)c(I)c1. The molecule has 1 N–H and O–H groups in total. The molecule has 0 spiro atoms. The van der Waals surface area contributed by atoms with Gasteiger partial charge in [-0.25, -0.2) is 0 Å². The van der Waals surface area contributed by atoms with Gasteiger partial charge in [0.15, 0.2) is 0 Å². The predicted molar refractivity (Wildman–Crippen MR) is 110 cm³/mol. The Labute approximate surface area is 170 Å². The van der Waals surface area contributed by atoms with E-state index < -0.39 is 0 Å². The zero-order valence-corrected chi connectivity index (χ0v) is 16.9. The van der Waals surface area contributed by atoms with E-state index in [2.05, 4.69) is 27.9 Å². The molecule has 0 aromatic heterocycles. The van der Waals surface area contributed by atoms with Crippen molar-refractivity contribution in [2.45, 2.75) is 6.42 Å². The molecule has 0 radical (unpaired) electrons. The Kier molecular flexibility index (Phi) is 6.50. The first-order valence-corrected chi connectivity index (χ1v) is 9.69. The van der Waals surface area contributed by atoms with Crippen LogP contribution in [-0.2, 0) is 16.0 Å². The van der Waals surface area contributed by atoms with Crippen LogP contribution in [0, 0.1) is 3.57 Å². The molecule has 1 fully saturated rings. The molecule has 1 aliphatic heterocycles. The number of rotatable bonds is 4. The van der Waals surface area contributed by atoms with Gasteiger partial charge in [0.25, 0.3) is 5.91 Å². The van der Waals surface area contributed by atoms with E-state index in [1.54, 1.807) is 30.3 Å². The maximum absolute atomic E-state index is 12.3. The number of nitrogens with zero attached hydrogens (tertiary/aromatic N) is 1. The van der Waals surface area contributed by atoms with Gasteiger partial charge in [0.1, 0.15) is 0 Å². The van der Waals surface area contributed by atoms with Gasteiger partial charge in [0, 0.05) is 27.9 Å². The maximum atomic E-state index is 12.3. The second-order valence-corrected chi connectivity index (χ2v) is 7.52. The number of morpholine rings is 1. The lowest BCUT2D eigenvalue weighted by Gasteiger charge is -2.26. The molecule has 1 saturated heterocycles. The highest BCUT2D eigenvalue weighted by Gasteiger charge is 2.17. The van der Waals surface area contributed by atoms with Crippen molar-refractivity contribution in [1.29, 1.82) is 0 Å². The van der Waals surface area contributed by atoms with Crippen molar-refractivity contribution < 1.29 is 14.3 Å². The molecule has 7 heteroatoms. The summed E-state index contributed by atoms with van der Waals surface area (Å²) in [5.74, 6) is -0.0995. The summed E-state index contributed by atoms with van der Waals surface area (Å²) in [6.07, 6.45) is 0.351. The van der Waals surface area contributed by atoms with Crippen LogP contribution in [0.5, 0.6) is 0 Å². The van der Waals surface area contributed by atoms with Gasteiger partial charge in [0.2, 0.25) is 5.91 Å². The van der Waals surface area contributed by atoms with E-state index in [1.165, 1.54) is 0 Å². The smallest absolute Gasteiger partial charge is 0.255 e. The molecule has 0 bridgehead atoms. The molecule has 1 aliphatic rings. The number of ether oxygens (including phenoxy) is 1. The van der Waals surface area contributed by atoms with Crippen LogP contribution in [0.15, 0.2) is 42.5 Å². The Balaban J connectivity index is 1.59. The van der Waals surface area contributed by atoms with E-state index in [9.17, 15) is 9.59 Å². The molecule has 2 amide bonds. The highest BCUT2D eigenvalue weighted by molar-refractivity contribution is 14.1. The molecular weight excluding hydrogens is 467 g/mol. The van der Waals surface area contributed by atoms with Crippen LogP contribution in [0.1, 0.15) is 15.9 Å². The second-order valence-electron chi connectivity index (χ2n) is 5.95. The van der Waals surface area contributed by atoms with Crippen molar-refractivity contribution >= 4 is 51.7 Å². The Morgan fingerprint density at radius 2 is 1.81 bits per heavy atom. The van der Waals surface area contributed by atoms with Gasteiger partial charge in [0.05, 0.1) is 24.7 Å². The van der Waals surface area contributed by atoms with Gasteiger partial charge in [-0.2, -0.15) is 0 Å². The minimum atomic E-state index is -0.197. The van der Waals surface area contributed by atoms with Crippen molar-refractivity contribution in [1.82, 2.24) is 4.90 Å². The standard InChI is InChI=1S/C19H18ClIN2O3/c20-16-6-3-14(12-17(16)21)19(25)22-15-4-1-13(2-5-15)11-18(24)23-7-9-26-10-8-23/h1-6,12H,7-11H2,(H,22,25). The van der Waals surface area contributed by atoms with Gasteiger partial charge in [-0.15, -0.1) is 0 Å². The number of carbonyl (C=O) groups is 2. The summed E-state index contributed by atoms with van der Waals surface area (Å²) in [7, 11) is 0. The van der Waals surface area contributed by atoms with Gasteiger partial charge in [-0.1, -0.05) is 23.7 Å². The van der Waals surface area contributed by atoms with Crippen LogP contribution in [-0.4, -0.2) is 43.0 Å². The summed E-state index contributed by atoms with van der Waals surface area (Å²) < 4.78 is 6.09. The second kappa shape index (κ2) is 8.83. The first-order valence-electron chi connectivity index (χ1n) is 8.24. The van der Waals surface area contributed by atoms with Crippen molar-refractivity contribution in [2.24, 2.45) is 0 Å². The highest BCUT2D eigenvalue weighted by Crippen LogP contribution is 2.20. The number of nitrogens with one attached hydrogen (secondary N) is 1. The van der Waals surface area contributed by atoms with E-state index in [0.717, 1.165) is 9.13 Å². The minimum absolute atomic E-state index is 0.0980. The molecule has 0 unspecified atom stereocenters. The van der Waals surface area contributed by atoms with E-state index in [4.69, 9.17) is 16.3 Å². The zero-order valence-electron chi connectivity index (χ0n) is 14.0. The molecule has 0 saturated carbocycles. The molecule has 0 atom stereocenters. The highest BCUT2D eigenvalue weighted by atomic mass is 127. The first kappa shape index (κ1) is 19.1. The van der Waals surface area contributed by atoms with Crippen LogP contribution < -0.4 is 5.32 Å². The first-order chi connectivity index (χ1) is 12.5. The fraction of sp³-hybridized carbons (Fsp3) is 0.263. The molecular formula is C19H18ClIN2O3. The summed E-state index contributed by atoms with van der Waals surface area (Å²) >= 11 is 8.08.